The van der Waals surface area contributed by atoms with Crippen LogP contribution in [-0.4, -0.2) is 24.1 Å². The fraction of sp³-hybridized carbons (Fsp3) is 0.125. The lowest BCUT2D eigenvalue weighted by Crippen LogP contribution is -2.38. The summed E-state index contributed by atoms with van der Waals surface area (Å²) in [4.78, 5) is 25.1. The largest absolute Gasteiger partial charge is 0.346 e. The number of benzene rings is 3. The lowest BCUT2D eigenvalue weighted by Gasteiger charge is -2.17. The van der Waals surface area contributed by atoms with Gasteiger partial charge in [-0.05, 0) is 35.7 Å². The maximum absolute atomic E-state index is 12.9. The molecule has 0 heterocycles. The van der Waals surface area contributed by atoms with Crippen LogP contribution in [-0.2, 0) is 9.59 Å². The van der Waals surface area contributed by atoms with Crippen molar-refractivity contribution in [1.29, 1.82) is 0 Å². The minimum Gasteiger partial charge on any atom is -0.346 e. The molecule has 0 aromatic heterocycles. The van der Waals surface area contributed by atoms with Crippen LogP contribution in [0.5, 0.6) is 0 Å². The quantitative estimate of drug-likeness (QED) is 0.406. The molecule has 2 N–H and O–H groups in total. The van der Waals surface area contributed by atoms with E-state index in [4.69, 9.17) is 0 Å². The van der Waals surface area contributed by atoms with Gasteiger partial charge in [-0.2, -0.15) is 5.10 Å². The zero-order valence-corrected chi connectivity index (χ0v) is 18.1. The van der Waals surface area contributed by atoms with Gasteiger partial charge in [0.15, 0.2) is 0 Å². The summed E-state index contributed by atoms with van der Waals surface area (Å²) >= 11 is 3.41. The van der Waals surface area contributed by atoms with Crippen molar-refractivity contribution in [2.75, 3.05) is 6.54 Å². The van der Waals surface area contributed by atoms with Gasteiger partial charge in [0, 0.05) is 4.47 Å². The molecule has 0 aliphatic heterocycles. The summed E-state index contributed by atoms with van der Waals surface area (Å²) < 4.78 is 0.931. The van der Waals surface area contributed by atoms with Gasteiger partial charge >= 0.3 is 0 Å². The van der Waals surface area contributed by atoms with Crippen molar-refractivity contribution in [2.24, 2.45) is 5.10 Å². The van der Waals surface area contributed by atoms with Crippen molar-refractivity contribution in [3.63, 3.8) is 0 Å². The molecule has 152 valence electrons. The Labute approximate surface area is 184 Å². The second kappa shape index (κ2) is 10.5. The standard InChI is InChI=1S/C24H22BrN3O2/c1-17(20-13-8-14-21(25)15-20)27-28-22(29)16-26-24(30)23(18-9-4-2-5-10-18)19-11-6-3-7-12-19/h2-15,23H,16H2,1H3,(H,26,30)(H,28,29)/b27-17-. The van der Waals surface area contributed by atoms with Gasteiger partial charge in [-0.1, -0.05) is 88.7 Å². The second-order valence-corrected chi connectivity index (χ2v) is 7.63. The van der Waals surface area contributed by atoms with Crippen LogP contribution < -0.4 is 10.7 Å². The maximum Gasteiger partial charge on any atom is 0.259 e. The van der Waals surface area contributed by atoms with Crippen molar-refractivity contribution >= 4 is 33.5 Å². The van der Waals surface area contributed by atoms with Gasteiger partial charge in [0.25, 0.3) is 5.91 Å². The highest BCUT2D eigenvalue weighted by Crippen LogP contribution is 2.24. The van der Waals surface area contributed by atoms with Crippen LogP contribution in [0.4, 0.5) is 0 Å². The number of hydrogen-bond acceptors (Lipinski definition) is 3. The molecule has 3 aromatic carbocycles. The molecule has 6 heteroatoms. The van der Waals surface area contributed by atoms with Gasteiger partial charge in [-0.25, -0.2) is 5.43 Å². The van der Waals surface area contributed by atoms with E-state index in [-0.39, 0.29) is 12.5 Å². The molecule has 3 aromatic rings. The Morgan fingerprint density at radius 1 is 0.900 bits per heavy atom. The number of carbonyl (C=O) groups excluding carboxylic acids is 2. The lowest BCUT2D eigenvalue weighted by molar-refractivity contribution is -0.126. The van der Waals surface area contributed by atoms with E-state index in [0.29, 0.717) is 5.71 Å². The first-order chi connectivity index (χ1) is 14.5. The summed E-state index contributed by atoms with van der Waals surface area (Å²) in [7, 11) is 0. The van der Waals surface area contributed by atoms with Crippen LogP contribution in [0.2, 0.25) is 0 Å². The molecule has 3 rings (SSSR count). The minimum atomic E-state index is -0.493. The molecule has 5 nitrogen and oxygen atoms in total. The molecule has 0 bridgehead atoms. The van der Waals surface area contributed by atoms with E-state index in [0.717, 1.165) is 21.2 Å². The normalized spacial score (nSPS) is 11.2. The number of hydrogen-bond donors (Lipinski definition) is 2. The average molecular weight is 464 g/mol. The molecular formula is C24H22BrN3O2. The van der Waals surface area contributed by atoms with Crippen molar-refractivity contribution in [3.8, 4) is 0 Å². The first-order valence-corrected chi connectivity index (χ1v) is 10.3. The topological polar surface area (TPSA) is 70.6 Å². The fourth-order valence-electron chi connectivity index (χ4n) is 3.02. The molecule has 0 fully saturated rings. The highest BCUT2D eigenvalue weighted by atomic mass is 79.9. The van der Waals surface area contributed by atoms with E-state index < -0.39 is 11.8 Å². The highest BCUT2D eigenvalue weighted by Gasteiger charge is 2.22. The van der Waals surface area contributed by atoms with Crippen molar-refractivity contribution in [2.45, 2.75) is 12.8 Å². The van der Waals surface area contributed by atoms with Crippen LogP contribution in [0.15, 0.2) is 94.5 Å². The average Bonchev–Trinajstić information content (AvgIpc) is 2.77. The SMILES string of the molecule is C/C(=N/NC(=O)CNC(=O)C(c1ccccc1)c1ccccc1)c1cccc(Br)c1. The fourth-order valence-corrected chi connectivity index (χ4v) is 3.42. The molecule has 0 spiro atoms. The van der Waals surface area contributed by atoms with Crippen LogP contribution in [0, 0.1) is 0 Å². The second-order valence-electron chi connectivity index (χ2n) is 6.71. The molecular weight excluding hydrogens is 442 g/mol. The van der Waals surface area contributed by atoms with Crippen LogP contribution in [0.3, 0.4) is 0 Å². The summed E-state index contributed by atoms with van der Waals surface area (Å²) in [6, 6.07) is 26.6. The van der Waals surface area contributed by atoms with E-state index in [2.05, 4.69) is 31.8 Å². The van der Waals surface area contributed by atoms with Gasteiger partial charge < -0.3 is 5.32 Å². The van der Waals surface area contributed by atoms with E-state index in [1.165, 1.54) is 0 Å². The summed E-state index contributed by atoms with van der Waals surface area (Å²) in [5.41, 5.74) is 5.78. The first kappa shape index (κ1) is 21.5. The maximum atomic E-state index is 12.9. The van der Waals surface area contributed by atoms with Gasteiger partial charge in [0.05, 0.1) is 18.2 Å². The molecule has 0 saturated carbocycles. The molecule has 0 aliphatic rings. The number of rotatable bonds is 7. The summed E-state index contributed by atoms with van der Waals surface area (Å²) in [5.74, 6) is -1.13. The number of halogens is 1. The van der Waals surface area contributed by atoms with Crippen molar-refractivity contribution < 1.29 is 9.59 Å². The third-order valence-electron chi connectivity index (χ3n) is 4.54. The first-order valence-electron chi connectivity index (χ1n) is 9.51. The predicted octanol–water partition coefficient (Wildman–Crippen LogP) is 4.24. The summed E-state index contributed by atoms with van der Waals surface area (Å²) in [6.45, 7) is 1.64. The number of carbonyl (C=O) groups is 2. The lowest BCUT2D eigenvalue weighted by atomic mass is 9.90. The van der Waals surface area contributed by atoms with Gasteiger partial charge in [-0.15, -0.1) is 0 Å². The Kier molecular flexibility index (Phi) is 7.51. The van der Waals surface area contributed by atoms with Crippen LogP contribution >= 0.6 is 15.9 Å². The summed E-state index contributed by atoms with van der Waals surface area (Å²) in [6.07, 6.45) is 0. The smallest absolute Gasteiger partial charge is 0.259 e. The third-order valence-corrected chi connectivity index (χ3v) is 5.04. The van der Waals surface area contributed by atoms with Crippen molar-refractivity contribution in [1.82, 2.24) is 10.7 Å². The molecule has 0 radical (unpaired) electrons. The molecule has 0 unspecified atom stereocenters. The zero-order chi connectivity index (χ0) is 21.3. The number of hydrazone groups is 1. The van der Waals surface area contributed by atoms with E-state index in [1.54, 1.807) is 0 Å². The Morgan fingerprint density at radius 3 is 2.07 bits per heavy atom. The molecule has 0 atom stereocenters. The molecule has 0 saturated heterocycles. The predicted molar refractivity (Wildman–Crippen MR) is 122 cm³/mol. The zero-order valence-electron chi connectivity index (χ0n) is 16.5. The Hall–Kier alpha value is -3.25. The van der Waals surface area contributed by atoms with E-state index in [1.807, 2.05) is 91.9 Å². The number of nitrogens with zero attached hydrogens (tertiary/aromatic N) is 1. The van der Waals surface area contributed by atoms with Gasteiger partial charge in [0.1, 0.15) is 0 Å². The van der Waals surface area contributed by atoms with Crippen molar-refractivity contribution in [3.05, 3.63) is 106 Å². The van der Waals surface area contributed by atoms with Crippen LogP contribution in [0.25, 0.3) is 0 Å². The molecule has 30 heavy (non-hydrogen) atoms. The van der Waals surface area contributed by atoms with E-state index in [9.17, 15) is 9.59 Å². The molecule has 2 amide bonds. The highest BCUT2D eigenvalue weighted by molar-refractivity contribution is 9.10. The van der Waals surface area contributed by atoms with Gasteiger partial charge in [-0.3, -0.25) is 9.59 Å². The van der Waals surface area contributed by atoms with Crippen LogP contribution in [0.1, 0.15) is 29.5 Å². The third kappa shape index (κ3) is 5.87. The minimum absolute atomic E-state index is 0.162. The summed E-state index contributed by atoms with van der Waals surface area (Å²) in [5, 5.41) is 6.84. The number of amides is 2. The number of nitrogens with one attached hydrogen (secondary N) is 2. The van der Waals surface area contributed by atoms with E-state index >= 15 is 0 Å². The monoisotopic (exact) mass is 463 g/mol. The Morgan fingerprint density at radius 2 is 1.50 bits per heavy atom. The van der Waals surface area contributed by atoms with Gasteiger partial charge in [0.2, 0.25) is 5.91 Å². The molecule has 0 aliphatic carbocycles. The Balaban J connectivity index is 1.64. The Bertz CT molecular complexity index is 997.